The Morgan fingerprint density at radius 2 is 1.16 bits per heavy atom. The summed E-state index contributed by atoms with van der Waals surface area (Å²) in [6, 6.07) is 13.8. The number of hydrogen-bond acceptors (Lipinski definition) is 12. The van der Waals surface area contributed by atoms with Gasteiger partial charge in [-0.25, -0.2) is 19.6 Å². The Kier molecular flexibility index (Phi) is 12.9. The van der Waals surface area contributed by atoms with Crippen LogP contribution in [0.15, 0.2) is 48.5 Å². The molecule has 4 aromatic rings. The van der Waals surface area contributed by atoms with Gasteiger partial charge in [0.1, 0.15) is 47.8 Å². The van der Waals surface area contributed by atoms with Gasteiger partial charge in [-0.2, -0.15) is 0 Å². The predicted octanol–water partition coefficient (Wildman–Crippen LogP) is 7.30. The molecule has 7 N–H and O–H groups in total. The van der Waals surface area contributed by atoms with E-state index in [-0.39, 0.29) is 66.8 Å². The van der Waals surface area contributed by atoms with E-state index in [4.69, 9.17) is 14.2 Å². The monoisotopic (exact) mass is 808 g/mol. The summed E-state index contributed by atoms with van der Waals surface area (Å²) in [4.78, 5) is 32.6. The first kappa shape index (κ1) is 40.6. The van der Waals surface area contributed by atoms with Crippen molar-refractivity contribution >= 4 is 48.6 Å². The number of rotatable bonds is 7. The van der Waals surface area contributed by atoms with Crippen LogP contribution in [0.1, 0.15) is 72.6 Å². The van der Waals surface area contributed by atoms with Crippen LogP contribution in [-0.2, 0) is 22.7 Å². The van der Waals surface area contributed by atoms with Gasteiger partial charge in [0.05, 0.1) is 29.1 Å². The number of cyclic esters (lactones) is 2. The molecule has 3 fully saturated rings. The third-order valence-corrected chi connectivity index (χ3v) is 10.6. The molecule has 6 heterocycles. The highest BCUT2D eigenvalue weighted by Gasteiger charge is 2.30. The number of pyridine rings is 2. The number of halogens is 2. The summed E-state index contributed by atoms with van der Waals surface area (Å²) in [7, 11) is 0. The standard InChI is InChI=1S/C22H25N3O4.C18H19N3O4.2ClH/c26-18-4-1-5-19(28-11-13-6-7-13)20(18)17-9-15(14-3-2-8-23-10-14)16-12-29-22(27)25-21(16)24-17;22-14-4-1-5-15(23)16(14)13-7-11(10-3-2-6-19-8-10)12-9-25-18(24)21-17(12)20-13;;/h1,4-5,9,13-14,23,26H,2-3,6-8,10-12H2,(H,24,25,27);1,4-5,7,10,19,22-23H,2-3,6,8-9H2,(H,20,21,24);2*1H. The lowest BCUT2D eigenvalue weighted by molar-refractivity contribution is 0.149. The van der Waals surface area contributed by atoms with E-state index in [9.17, 15) is 24.9 Å². The molecule has 16 heteroatoms. The van der Waals surface area contributed by atoms with Crippen LogP contribution in [0.3, 0.4) is 0 Å². The van der Waals surface area contributed by atoms with Crippen molar-refractivity contribution in [2.75, 3.05) is 43.4 Å². The zero-order valence-corrected chi connectivity index (χ0v) is 32.3. The van der Waals surface area contributed by atoms with Crippen LogP contribution in [0.2, 0.25) is 0 Å². The molecule has 0 radical (unpaired) electrons. The highest BCUT2D eigenvalue weighted by atomic mass is 35.5. The lowest BCUT2D eigenvalue weighted by Crippen LogP contribution is -2.30. The summed E-state index contributed by atoms with van der Waals surface area (Å²) in [5.74, 6) is 2.73. The summed E-state index contributed by atoms with van der Waals surface area (Å²) >= 11 is 0. The Hall–Kier alpha value is -5.02. The summed E-state index contributed by atoms with van der Waals surface area (Å²) in [5, 5.41) is 43.2. The number of phenols is 3. The number of phenolic OH excluding ortho intramolecular Hbond substituents is 3. The van der Waals surface area contributed by atoms with Gasteiger partial charge in [-0.3, -0.25) is 10.6 Å². The van der Waals surface area contributed by atoms with E-state index in [0.717, 1.165) is 74.1 Å². The van der Waals surface area contributed by atoms with E-state index in [1.54, 1.807) is 18.2 Å². The zero-order chi connectivity index (χ0) is 37.2. The van der Waals surface area contributed by atoms with Crippen molar-refractivity contribution in [3.63, 3.8) is 0 Å². The van der Waals surface area contributed by atoms with Gasteiger partial charge >= 0.3 is 12.2 Å². The maximum atomic E-state index is 11.8. The SMILES string of the molecule is Cl.Cl.O=C1Nc2nc(-c3c(O)cccc3O)cc(C3CCCNC3)c2CO1.O=C1Nc2nc(-c3c(O)cccc3OCC3CC3)cc(C3CCCNC3)c2CO1. The van der Waals surface area contributed by atoms with Crippen LogP contribution in [0.25, 0.3) is 22.5 Å². The quantitative estimate of drug-likeness (QED) is 0.0986. The van der Waals surface area contributed by atoms with Crippen LogP contribution in [-0.4, -0.2) is 70.3 Å². The Labute approximate surface area is 336 Å². The minimum absolute atomic E-state index is 0. The number of carbonyl (C=O) groups is 2. The molecule has 298 valence electrons. The van der Waals surface area contributed by atoms with E-state index in [1.165, 1.54) is 25.0 Å². The van der Waals surface area contributed by atoms with Gasteiger partial charge in [-0.05, 0) is 117 Å². The van der Waals surface area contributed by atoms with Crippen molar-refractivity contribution in [2.45, 2.75) is 63.6 Å². The fraction of sp³-hybridized carbons (Fsp3) is 0.400. The smallest absolute Gasteiger partial charge is 0.413 e. The molecular formula is C40H46Cl2N6O8. The molecular weight excluding hydrogens is 763 g/mol. The van der Waals surface area contributed by atoms with Gasteiger partial charge in [-0.1, -0.05) is 12.1 Å². The highest BCUT2D eigenvalue weighted by molar-refractivity contribution is 5.89. The minimum atomic E-state index is -0.550. The molecule has 9 rings (SSSR count). The molecule has 2 atom stereocenters. The van der Waals surface area contributed by atoms with Crippen LogP contribution in [0.5, 0.6) is 23.0 Å². The lowest BCUT2D eigenvalue weighted by atomic mass is 9.87. The van der Waals surface area contributed by atoms with Gasteiger partial charge in [0.15, 0.2) is 0 Å². The van der Waals surface area contributed by atoms with Crippen molar-refractivity contribution in [2.24, 2.45) is 5.92 Å². The fourth-order valence-electron chi connectivity index (χ4n) is 7.63. The third-order valence-electron chi connectivity index (χ3n) is 10.6. The van der Waals surface area contributed by atoms with E-state index < -0.39 is 12.2 Å². The van der Waals surface area contributed by atoms with Crippen LogP contribution in [0, 0.1) is 5.92 Å². The number of nitrogens with one attached hydrogen (secondary N) is 4. The van der Waals surface area contributed by atoms with E-state index in [2.05, 4.69) is 31.2 Å². The van der Waals surface area contributed by atoms with Crippen LogP contribution < -0.4 is 26.0 Å². The van der Waals surface area contributed by atoms with Crippen molar-refractivity contribution in [1.29, 1.82) is 0 Å². The molecule has 56 heavy (non-hydrogen) atoms. The molecule has 2 amide bonds. The largest absolute Gasteiger partial charge is 0.507 e. The minimum Gasteiger partial charge on any atom is -0.507 e. The molecule has 0 bridgehead atoms. The maximum absolute atomic E-state index is 11.8. The first-order chi connectivity index (χ1) is 26.3. The zero-order valence-electron chi connectivity index (χ0n) is 30.6. The van der Waals surface area contributed by atoms with Gasteiger partial charge < -0.3 is 40.2 Å². The first-order valence-electron chi connectivity index (χ1n) is 18.7. The van der Waals surface area contributed by atoms with Gasteiger partial charge in [0.25, 0.3) is 0 Å². The number of aromatic nitrogens is 2. The maximum Gasteiger partial charge on any atom is 0.413 e. The lowest BCUT2D eigenvalue weighted by Gasteiger charge is -2.28. The molecule has 2 saturated heterocycles. The van der Waals surface area contributed by atoms with E-state index >= 15 is 0 Å². The molecule has 0 spiro atoms. The molecule has 14 nitrogen and oxygen atoms in total. The molecule has 5 aliphatic rings. The second-order valence-electron chi connectivity index (χ2n) is 14.4. The molecule has 1 saturated carbocycles. The predicted molar refractivity (Wildman–Crippen MR) is 214 cm³/mol. The Bertz CT molecular complexity index is 2050. The summed E-state index contributed by atoms with van der Waals surface area (Å²) in [6.45, 7) is 4.74. The molecule has 2 unspecified atom stereocenters. The summed E-state index contributed by atoms with van der Waals surface area (Å²) in [6.07, 6.45) is 5.56. The summed E-state index contributed by atoms with van der Waals surface area (Å²) in [5.41, 5.74) is 5.76. The van der Waals surface area contributed by atoms with Crippen LogP contribution >= 0.6 is 24.8 Å². The third kappa shape index (κ3) is 8.83. The van der Waals surface area contributed by atoms with Gasteiger partial charge in [0.2, 0.25) is 0 Å². The number of anilines is 2. The number of aromatic hydroxyl groups is 3. The Morgan fingerprint density at radius 1 is 0.679 bits per heavy atom. The number of amides is 2. The average molecular weight is 810 g/mol. The topological polar surface area (TPSA) is 196 Å². The summed E-state index contributed by atoms with van der Waals surface area (Å²) < 4.78 is 16.4. The number of nitrogens with zero attached hydrogens (tertiary/aromatic N) is 2. The molecule has 1 aliphatic carbocycles. The number of carbonyl (C=O) groups excluding carboxylic acids is 2. The van der Waals surface area contributed by atoms with Crippen molar-refractivity contribution in [3.05, 3.63) is 70.8 Å². The van der Waals surface area contributed by atoms with Crippen molar-refractivity contribution in [1.82, 2.24) is 20.6 Å². The van der Waals surface area contributed by atoms with Crippen molar-refractivity contribution in [3.8, 4) is 45.5 Å². The molecule has 2 aromatic carbocycles. The second-order valence-corrected chi connectivity index (χ2v) is 14.4. The molecule has 4 aliphatic heterocycles. The number of fused-ring (bicyclic) bond motifs is 2. The van der Waals surface area contributed by atoms with Crippen LogP contribution in [0.4, 0.5) is 21.2 Å². The van der Waals surface area contributed by atoms with Crippen molar-refractivity contribution < 1.29 is 39.1 Å². The van der Waals surface area contributed by atoms with E-state index in [1.807, 2.05) is 18.2 Å². The molecule has 2 aromatic heterocycles. The van der Waals surface area contributed by atoms with Gasteiger partial charge in [0, 0.05) is 24.2 Å². The Balaban J connectivity index is 0.000000185. The highest BCUT2D eigenvalue weighted by Crippen LogP contribution is 2.43. The number of piperidine rings is 2. The average Bonchev–Trinajstić information content (AvgIpc) is 4.02. The van der Waals surface area contributed by atoms with Gasteiger partial charge in [-0.15, -0.1) is 24.8 Å². The first-order valence-corrected chi connectivity index (χ1v) is 18.7. The Morgan fingerprint density at radius 3 is 1.64 bits per heavy atom. The number of benzene rings is 2. The number of ether oxygens (including phenoxy) is 3. The fourth-order valence-corrected chi connectivity index (χ4v) is 7.63. The normalized spacial score (nSPS) is 19.7. The second kappa shape index (κ2) is 17.8. The van der Waals surface area contributed by atoms with E-state index in [0.29, 0.717) is 52.8 Å². The number of hydrogen-bond donors (Lipinski definition) is 7.